The number of halogens is 2. The highest BCUT2D eigenvalue weighted by Crippen LogP contribution is 2.28. The van der Waals surface area contributed by atoms with Crippen LogP contribution < -0.4 is 0 Å². The lowest BCUT2D eigenvalue weighted by atomic mass is 9.95. The van der Waals surface area contributed by atoms with E-state index in [0.717, 1.165) is 29.7 Å². The molecular formula is C24H27ClFNO3. The summed E-state index contributed by atoms with van der Waals surface area (Å²) in [5.74, 6) is -0.564. The maximum Gasteiger partial charge on any atom is 0.334 e. The van der Waals surface area contributed by atoms with E-state index in [9.17, 15) is 9.18 Å². The van der Waals surface area contributed by atoms with E-state index in [2.05, 4.69) is 4.90 Å². The zero-order valence-corrected chi connectivity index (χ0v) is 18.1. The van der Waals surface area contributed by atoms with E-state index in [1.807, 2.05) is 43.3 Å². The molecule has 0 amide bonds. The van der Waals surface area contributed by atoms with Crippen LogP contribution in [0.5, 0.6) is 0 Å². The number of carbonyl (C=O) groups is 1. The lowest BCUT2D eigenvalue weighted by molar-refractivity contribution is -0.136. The van der Waals surface area contributed by atoms with Gasteiger partial charge in [-0.1, -0.05) is 48.5 Å². The molecule has 0 radical (unpaired) electrons. The van der Waals surface area contributed by atoms with Crippen LogP contribution in [0.1, 0.15) is 23.1 Å². The SMILES string of the molecule is COC(=O)C1=CCCN(CCO/C=C(\c2ccccc2C)c2ccccc2F)C1.Cl. The molecular weight excluding hydrogens is 405 g/mol. The largest absolute Gasteiger partial charge is 0.499 e. The molecule has 0 saturated carbocycles. The van der Waals surface area contributed by atoms with Crippen molar-refractivity contribution in [3.05, 3.63) is 88.9 Å². The minimum atomic E-state index is -0.283. The van der Waals surface area contributed by atoms with Gasteiger partial charge in [-0.2, -0.15) is 0 Å². The first-order valence-electron chi connectivity index (χ1n) is 9.72. The first-order valence-corrected chi connectivity index (χ1v) is 9.72. The smallest absolute Gasteiger partial charge is 0.334 e. The van der Waals surface area contributed by atoms with Gasteiger partial charge in [0.05, 0.1) is 13.4 Å². The molecule has 0 unspecified atom stereocenters. The lowest BCUT2D eigenvalue weighted by Crippen LogP contribution is -2.34. The minimum Gasteiger partial charge on any atom is -0.499 e. The second-order valence-corrected chi connectivity index (χ2v) is 6.98. The molecule has 0 N–H and O–H groups in total. The molecule has 2 aromatic carbocycles. The number of hydrogen-bond donors (Lipinski definition) is 0. The molecule has 30 heavy (non-hydrogen) atoms. The fourth-order valence-electron chi connectivity index (χ4n) is 3.43. The summed E-state index contributed by atoms with van der Waals surface area (Å²) in [6.45, 7) is 4.53. The Morgan fingerprint density at radius 3 is 2.53 bits per heavy atom. The Hall–Kier alpha value is -2.63. The predicted molar refractivity (Wildman–Crippen MR) is 119 cm³/mol. The summed E-state index contributed by atoms with van der Waals surface area (Å²) in [4.78, 5) is 13.9. The Morgan fingerprint density at radius 1 is 1.13 bits per heavy atom. The van der Waals surface area contributed by atoms with Gasteiger partial charge in [-0.15, -0.1) is 12.4 Å². The monoisotopic (exact) mass is 431 g/mol. The molecule has 0 aliphatic carbocycles. The molecule has 0 fully saturated rings. The standard InChI is InChI=1S/C24H26FNO3.ClH/c1-18-8-3-4-10-20(18)22(21-11-5-6-12-23(21)25)17-29-15-14-26-13-7-9-19(16-26)24(27)28-2;/h3-6,8-12,17H,7,13-16H2,1-2H3;1H/b22-17+;. The molecule has 160 valence electrons. The number of rotatable bonds is 7. The van der Waals surface area contributed by atoms with Gasteiger partial charge in [0.25, 0.3) is 0 Å². The minimum absolute atomic E-state index is 0. The second-order valence-electron chi connectivity index (χ2n) is 6.98. The summed E-state index contributed by atoms with van der Waals surface area (Å²) in [6, 6.07) is 14.6. The third kappa shape index (κ3) is 5.94. The fourth-order valence-corrected chi connectivity index (χ4v) is 3.43. The second kappa shape index (κ2) is 11.5. The Labute approximate surface area is 183 Å². The number of ether oxygens (including phenoxy) is 2. The zero-order chi connectivity index (χ0) is 20.6. The van der Waals surface area contributed by atoms with Gasteiger partial charge in [-0.3, -0.25) is 4.90 Å². The van der Waals surface area contributed by atoms with Crippen LogP contribution in [-0.4, -0.2) is 44.2 Å². The van der Waals surface area contributed by atoms with Gasteiger partial charge >= 0.3 is 5.97 Å². The Bertz CT molecular complexity index is 879. The number of nitrogens with zero attached hydrogens (tertiary/aromatic N) is 1. The van der Waals surface area contributed by atoms with E-state index >= 15 is 0 Å². The van der Waals surface area contributed by atoms with E-state index in [4.69, 9.17) is 9.47 Å². The Morgan fingerprint density at radius 2 is 1.83 bits per heavy atom. The van der Waals surface area contributed by atoms with E-state index in [1.165, 1.54) is 13.2 Å². The fraction of sp³-hybridized carbons (Fsp3) is 0.292. The van der Waals surface area contributed by atoms with Crippen molar-refractivity contribution in [1.29, 1.82) is 0 Å². The summed E-state index contributed by atoms with van der Waals surface area (Å²) in [5.41, 5.74) is 3.90. The van der Waals surface area contributed by atoms with Gasteiger partial charge in [0.15, 0.2) is 0 Å². The quantitative estimate of drug-likeness (QED) is 0.359. The molecule has 2 aromatic rings. The van der Waals surface area contributed by atoms with Crippen LogP contribution >= 0.6 is 12.4 Å². The number of esters is 1. The predicted octanol–water partition coefficient (Wildman–Crippen LogP) is 4.77. The molecule has 0 bridgehead atoms. The van der Waals surface area contributed by atoms with Crippen LogP contribution in [0.2, 0.25) is 0 Å². The zero-order valence-electron chi connectivity index (χ0n) is 17.3. The van der Waals surface area contributed by atoms with Gasteiger partial charge in [-0.05, 0) is 30.5 Å². The van der Waals surface area contributed by atoms with Crippen molar-refractivity contribution >= 4 is 23.9 Å². The molecule has 0 aromatic heterocycles. The molecule has 0 saturated heterocycles. The van der Waals surface area contributed by atoms with Gasteiger partial charge in [0, 0.05) is 36.3 Å². The van der Waals surface area contributed by atoms with E-state index < -0.39 is 0 Å². The van der Waals surface area contributed by atoms with Crippen molar-refractivity contribution in [3.8, 4) is 0 Å². The molecule has 0 atom stereocenters. The average Bonchev–Trinajstić information content (AvgIpc) is 2.75. The van der Waals surface area contributed by atoms with Crippen LogP contribution in [0.4, 0.5) is 4.39 Å². The summed E-state index contributed by atoms with van der Waals surface area (Å²) in [6.07, 6.45) is 4.38. The van der Waals surface area contributed by atoms with Gasteiger partial charge in [0.1, 0.15) is 12.4 Å². The van der Waals surface area contributed by atoms with Crippen LogP contribution in [0.25, 0.3) is 5.57 Å². The average molecular weight is 432 g/mol. The van der Waals surface area contributed by atoms with Crippen molar-refractivity contribution in [2.75, 3.05) is 33.4 Å². The van der Waals surface area contributed by atoms with Crippen molar-refractivity contribution in [2.45, 2.75) is 13.3 Å². The maximum atomic E-state index is 14.5. The van der Waals surface area contributed by atoms with Crippen LogP contribution in [0.15, 0.2) is 66.4 Å². The highest BCUT2D eigenvalue weighted by Gasteiger charge is 2.18. The molecule has 0 spiro atoms. The lowest BCUT2D eigenvalue weighted by Gasteiger charge is -2.25. The van der Waals surface area contributed by atoms with Crippen LogP contribution in [0.3, 0.4) is 0 Å². The normalized spacial score (nSPS) is 14.5. The molecule has 4 nitrogen and oxygen atoms in total. The third-order valence-corrected chi connectivity index (χ3v) is 5.00. The number of carbonyl (C=O) groups excluding carboxylic acids is 1. The van der Waals surface area contributed by atoms with Gasteiger partial charge in [0.2, 0.25) is 0 Å². The van der Waals surface area contributed by atoms with Crippen LogP contribution in [0, 0.1) is 12.7 Å². The summed E-state index contributed by atoms with van der Waals surface area (Å²) >= 11 is 0. The molecule has 1 heterocycles. The number of benzene rings is 2. The highest BCUT2D eigenvalue weighted by molar-refractivity contribution is 5.89. The van der Waals surface area contributed by atoms with Crippen molar-refractivity contribution < 1.29 is 18.7 Å². The summed E-state index contributed by atoms with van der Waals surface area (Å²) in [5, 5.41) is 0. The van der Waals surface area contributed by atoms with Crippen molar-refractivity contribution in [3.63, 3.8) is 0 Å². The summed E-state index contributed by atoms with van der Waals surface area (Å²) < 4.78 is 25.1. The van der Waals surface area contributed by atoms with Crippen molar-refractivity contribution in [2.24, 2.45) is 0 Å². The summed E-state index contributed by atoms with van der Waals surface area (Å²) in [7, 11) is 1.39. The van der Waals surface area contributed by atoms with Gasteiger partial charge in [-0.25, -0.2) is 9.18 Å². The number of hydrogen-bond acceptors (Lipinski definition) is 4. The van der Waals surface area contributed by atoms with E-state index in [0.29, 0.717) is 30.8 Å². The maximum absolute atomic E-state index is 14.5. The highest BCUT2D eigenvalue weighted by atomic mass is 35.5. The third-order valence-electron chi connectivity index (χ3n) is 5.00. The van der Waals surface area contributed by atoms with Crippen molar-refractivity contribution in [1.82, 2.24) is 4.90 Å². The molecule has 6 heteroatoms. The molecule has 1 aliphatic heterocycles. The topological polar surface area (TPSA) is 38.8 Å². The molecule has 1 aliphatic rings. The van der Waals surface area contributed by atoms with E-state index in [1.54, 1.807) is 18.4 Å². The Balaban J connectivity index is 0.00000320. The first kappa shape index (κ1) is 23.6. The van der Waals surface area contributed by atoms with Crippen LogP contribution in [-0.2, 0) is 14.3 Å². The molecule has 3 rings (SSSR count). The van der Waals surface area contributed by atoms with Gasteiger partial charge < -0.3 is 9.47 Å². The number of methoxy groups -OCH3 is 1. The Kier molecular flexibility index (Phi) is 9.09. The number of aryl methyl sites for hydroxylation is 1. The van der Waals surface area contributed by atoms with E-state index in [-0.39, 0.29) is 24.2 Å². The first-order chi connectivity index (χ1) is 14.1.